The van der Waals surface area contributed by atoms with Crippen LogP contribution in [0.25, 0.3) is 10.8 Å². The van der Waals surface area contributed by atoms with Crippen LogP contribution in [-0.4, -0.2) is 18.7 Å². The van der Waals surface area contributed by atoms with Crippen LogP contribution < -0.4 is 14.9 Å². The minimum absolute atomic E-state index is 0.285. The summed E-state index contributed by atoms with van der Waals surface area (Å²) >= 11 is 3.57. The molecule has 34 heavy (non-hydrogen) atoms. The van der Waals surface area contributed by atoms with Crippen molar-refractivity contribution >= 4 is 38.8 Å². The lowest BCUT2D eigenvalue weighted by Crippen LogP contribution is -2.17. The van der Waals surface area contributed by atoms with E-state index in [0.717, 1.165) is 33.5 Å². The van der Waals surface area contributed by atoms with E-state index in [9.17, 15) is 4.79 Å². The van der Waals surface area contributed by atoms with Gasteiger partial charge in [0, 0.05) is 5.56 Å². The highest BCUT2D eigenvalue weighted by molar-refractivity contribution is 9.10. The summed E-state index contributed by atoms with van der Waals surface area (Å²) < 4.78 is 12.4. The monoisotopic (exact) mass is 516 g/mol. The molecule has 0 aliphatic heterocycles. The van der Waals surface area contributed by atoms with Gasteiger partial charge in [0.2, 0.25) is 0 Å². The fourth-order valence-corrected chi connectivity index (χ4v) is 3.95. The van der Waals surface area contributed by atoms with Gasteiger partial charge in [-0.15, -0.1) is 0 Å². The lowest BCUT2D eigenvalue weighted by Gasteiger charge is -2.11. The zero-order chi connectivity index (χ0) is 23.8. The fraction of sp³-hybridized carbons (Fsp3) is 0.143. The number of hydrogen-bond donors (Lipinski definition) is 1. The van der Waals surface area contributed by atoms with E-state index in [1.807, 2.05) is 43.3 Å². The minimum atomic E-state index is -0.285. The van der Waals surface area contributed by atoms with E-state index >= 15 is 0 Å². The maximum absolute atomic E-state index is 12.3. The maximum atomic E-state index is 12.3. The third-order valence-electron chi connectivity index (χ3n) is 5.19. The molecule has 172 valence electrons. The zero-order valence-corrected chi connectivity index (χ0v) is 20.4. The first-order chi connectivity index (χ1) is 16.6. The third-order valence-corrected chi connectivity index (χ3v) is 5.81. The lowest BCUT2D eigenvalue weighted by atomic mass is 10.1. The molecule has 1 N–H and O–H groups in total. The molecule has 6 heteroatoms. The van der Waals surface area contributed by atoms with Crippen molar-refractivity contribution in [3.05, 3.63) is 106 Å². The van der Waals surface area contributed by atoms with Crippen molar-refractivity contribution in [3.8, 4) is 11.5 Å². The van der Waals surface area contributed by atoms with E-state index in [2.05, 4.69) is 50.7 Å². The molecule has 4 rings (SSSR count). The second kappa shape index (κ2) is 11.5. The first-order valence-electron chi connectivity index (χ1n) is 11.1. The average molecular weight is 517 g/mol. The molecule has 0 unspecified atom stereocenters. The van der Waals surface area contributed by atoms with E-state index in [0.29, 0.717) is 18.8 Å². The second-order valence-corrected chi connectivity index (χ2v) is 8.54. The number of hydrazone groups is 1. The van der Waals surface area contributed by atoms with E-state index in [4.69, 9.17) is 9.47 Å². The van der Waals surface area contributed by atoms with Gasteiger partial charge in [-0.2, -0.15) is 5.10 Å². The summed E-state index contributed by atoms with van der Waals surface area (Å²) in [4.78, 5) is 12.3. The predicted octanol–water partition coefficient (Wildman–Crippen LogP) is 6.73. The van der Waals surface area contributed by atoms with Gasteiger partial charge in [0.1, 0.15) is 18.1 Å². The second-order valence-electron chi connectivity index (χ2n) is 7.69. The topological polar surface area (TPSA) is 59.9 Å². The van der Waals surface area contributed by atoms with Gasteiger partial charge in [-0.1, -0.05) is 49.4 Å². The number of fused-ring (bicyclic) bond motifs is 1. The summed E-state index contributed by atoms with van der Waals surface area (Å²) in [6, 6.07) is 27.1. The van der Waals surface area contributed by atoms with Gasteiger partial charge in [0.15, 0.2) is 0 Å². The van der Waals surface area contributed by atoms with Crippen LogP contribution in [0.5, 0.6) is 11.5 Å². The number of nitrogens with zero attached hydrogens (tertiary/aromatic N) is 1. The highest BCUT2D eigenvalue weighted by Crippen LogP contribution is 2.27. The number of halogens is 1. The quantitative estimate of drug-likeness (QED) is 0.198. The van der Waals surface area contributed by atoms with Gasteiger partial charge in [-0.25, -0.2) is 5.43 Å². The van der Waals surface area contributed by atoms with Crippen molar-refractivity contribution in [2.24, 2.45) is 5.10 Å². The van der Waals surface area contributed by atoms with Crippen molar-refractivity contribution in [1.29, 1.82) is 0 Å². The van der Waals surface area contributed by atoms with E-state index in [1.165, 1.54) is 10.8 Å². The van der Waals surface area contributed by atoms with Gasteiger partial charge in [-0.05, 0) is 86.7 Å². The summed E-state index contributed by atoms with van der Waals surface area (Å²) in [6.45, 7) is 3.16. The molecule has 0 bridgehead atoms. The lowest BCUT2D eigenvalue weighted by molar-refractivity contribution is 0.0955. The number of amides is 1. The first kappa shape index (κ1) is 23.5. The maximum Gasteiger partial charge on any atom is 0.271 e. The summed E-state index contributed by atoms with van der Waals surface area (Å²) in [7, 11) is 0. The molecule has 0 fully saturated rings. The highest BCUT2D eigenvalue weighted by Gasteiger charge is 2.07. The first-order valence-corrected chi connectivity index (χ1v) is 11.9. The Hall–Kier alpha value is -3.64. The number of benzene rings is 4. The van der Waals surface area contributed by atoms with Crippen LogP contribution in [0.3, 0.4) is 0 Å². The summed E-state index contributed by atoms with van der Waals surface area (Å²) in [6.07, 6.45) is 2.53. The summed E-state index contributed by atoms with van der Waals surface area (Å²) in [5, 5.41) is 6.45. The van der Waals surface area contributed by atoms with Gasteiger partial charge in [0.25, 0.3) is 5.91 Å². The highest BCUT2D eigenvalue weighted by atomic mass is 79.9. The Morgan fingerprint density at radius 3 is 2.56 bits per heavy atom. The molecule has 0 saturated carbocycles. The molecule has 5 nitrogen and oxygen atoms in total. The molecule has 0 radical (unpaired) electrons. The van der Waals surface area contributed by atoms with E-state index < -0.39 is 0 Å². The molecule has 4 aromatic carbocycles. The van der Waals surface area contributed by atoms with Gasteiger partial charge >= 0.3 is 0 Å². The molecule has 0 atom stereocenters. The predicted molar refractivity (Wildman–Crippen MR) is 140 cm³/mol. The molecular weight excluding hydrogens is 492 g/mol. The number of carbonyl (C=O) groups is 1. The molecule has 4 aromatic rings. The van der Waals surface area contributed by atoms with Crippen LogP contribution in [0.4, 0.5) is 0 Å². The van der Waals surface area contributed by atoms with Crippen LogP contribution in [0, 0.1) is 0 Å². The normalized spacial score (nSPS) is 11.0. The van der Waals surface area contributed by atoms with Gasteiger partial charge < -0.3 is 9.47 Å². The smallest absolute Gasteiger partial charge is 0.271 e. The summed E-state index contributed by atoms with van der Waals surface area (Å²) in [5.41, 5.74) is 5.02. The Morgan fingerprint density at radius 2 is 1.76 bits per heavy atom. The Labute approximate surface area is 207 Å². The molecule has 0 aliphatic carbocycles. The number of nitrogens with one attached hydrogen (secondary N) is 1. The molecule has 0 saturated heterocycles. The van der Waals surface area contributed by atoms with E-state index in [-0.39, 0.29) is 5.91 Å². The number of carbonyl (C=O) groups excluding carboxylic acids is 1. The van der Waals surface area contributed by atoms with Crippen molar-refractivity contribution in [2.45, 2.75) is 20.0 Å². The van der Waals surface area contributed by atoms with Crippen molar-refractivity contribution in [1.82, 2.24) is 5.43 Å². The fourth-order valence-electron chi connectivity index (χ4n) is 3.44. The number of ether oxygens (including phenoxy) is 2. The zero-order valence-electron chi connectivity index (χ0n) is 18.8. The standard InChI is InChI=1S/C28H25BrN2O3/c1-2-16-33-24-13-11-22(12-14-24)28(32)31-30-18-20-10-15-27(26(29)17-20)34-19-23-8-5-7-21-6-3-4-9-25(21)23/h3-15,17-18H,2,16,19H2,1H3,(H,31,32)/b30-18-. The summed E-state index contributed by atoms with van der Waals surface area (Å²) in [5.74, 6) is 1.20. The average Bonchev–Trinajstić information content (AvgIpc) is 2.87. The molecular formula is C28H25BrN2O3. The van der Waals surface area contributed by atoms with Crippen molar-refractivity contribution in [3.63, 3.8) is 0 Å². The van der Waals surface area contributed by atoms with Crippen LogP contribution >= 0.6 is 15.9 Å². The van der Waals surface area contributed by atoms with Crippen LogP contribution in [-0.2, 0) is 6.61 Å². The molecule has 1 amide bonds. The third kappa shape index (κ3) is 6.02. The molecule has 0 aliphatic rings. The van der Waals surface area contributed by atoms with Gasteiger partial charge in [-0.3, -0.25) is 4.79 Å². The SMILES string of the molecule is CCCOc1ccc(C(=O)N/N=C\c2ccc(OCc3cccc4ccccc34)c(Br)c2)cc1. The van der Waals surface area contributed by atoms with Crippen LogP contribution in [0.1, 0.15) is 34.8 Å². The Balaban J connectivity index is 1.34. The van der Waals surface area contributed by atoms with Crippen LogP contribution in [0.15, 0.2) is 94.5 Å². The molecule has 0 aromatic heterocycles. The molecule has 0 heterocycles. The Kier molecular flexibility index (Phi) is 7.94. The molecule has 0 spiro atoms. The Morgan fingerprint density at radius 1 is 0.971 bits per heavy atom. The number of hydrogen-bond acceptors (Lipinski definition) is 4. The van der Waals surface area contributed by atoms with Crippen LogP contribution in [0.2, 0.25) is 0 Å². The largest absolute Gasteiger partial charge is 0.494 e. The minimum Gasteiger partial charge on any atom is -0.494 e. The number of rotatable bonds is 9. The van der Waals surface area contributed by atoms with Gasteiger partial charge in [0.05, 0.1) is 17.3 Å². The van der Waals surface area contributed by atoms with Crippen molar-refractivity contribution < 1.29 is 14.3 Å². The van der Waals surface area contributed by atoms with Crippen molar-refractivity contribution in [2.75, 3.05) is 6.61 Å². The van der Waals surface area contributed by atoms with E-state index in [1.54, 1.807) is 30.5 Å². The Bertz CT molecular complexity index is 1300.